The van der Waals surface area contributed by atoms with Crippen LogP contribution >= 0.6 is 7.37 Å². The highest BCUT2D eigenvalue weighted by atomic mass is 31.2. The summed E-state index contributed by atoms with van der Waals surface area (Å²) < 4.78 is 17.1. The van der Waals surface area contributed by atoms with Crippen molar-refractivity contribution in [2.24, 2.45) is 5.73 Å². The highest BCUT2D eigenvalue weighted by molar-refractivity contribution is 7.58. The average Bonchev–Trinajstić information content (AvgIpc) is 2.27. The first-order chi connectivity index (χ1) is 6.70. The van der Waals surface area contributed by atoms with Crippen molar-refractivity contribution in [3.05, 3.63) is 35.9 Å². The quantitative estimate of drug-likeness (QED) is 0.764. The molecule has 0 saturated carbocycles. The smallest absolute Gasteiger partial charge is 0.216 e. The van der Waals surface area contributed by atoms with Gasteiger partial charge in [0.1, 0.15) is 0 Å². The molecule has 1 unspecified atom stereocenters. The Bertz CT molecular complexity index is 305. The minimum Gasteiger partial charge on any atom is -0.323 e. The summed E-state index contributed by atoms with van der Waals surface area (Å²) in [6.07, 6.45) is 0.618. The largest absolute Gasteiger partial charge is 0.323 e. The topological polar surface area (TPSA) is 52.3 Å². The second kappa shape index (κ2) is 5.30. The van der Waals surface area contributed by atoms with E-state index in [9.17, 15) is 4.57 Å². The molecule has 3 nitrogen and oxygen atoms in total. The van der Waals surface area contributed by atoms with Crippen LogP contribution in [0.4, 0.5) is 0 Å². The van der Waals surface area contributed by atoms with Crippen LogP contribution in [-0.2, 0) is 15.7 Å². The van der Waals surface area contributed by atoms with E-state index >= 15 is 0 Å². The standard InChI is InChI=1S/C10H16NO2P/c1-2-14(12,9-11)13-8-10-6-4-3-5-7-10/h3-7H,2,8-9,11H2,1H3. The fourth-order valence-corrected chi connectivity index (χ4v) is 1.97. The fourth-order valence-electron chi connectivity index (χ4n) is 1.04. The molecule has 0 spiro atoms. The highest BCUT2D eigenvalue weighted by Gasteiger charge is 2.17. The van der Waals surface area contributed by atoms with Gasteiger partial charge in [-0.15, -0.1) is 0 Å². The van der Waals surface area contributed by atoms with Gasteiger partial charge in [0.25, 0.3) is 0 Å². The molecule has 0 radical (unpaired) electrons. The van der Waals surface area contributed by atoms with E-state index in [0.717, 1.165) is 5.56 Å². The van der Waals surface area contributed by atoms with Gasteiger partial charge in [0.05, 0.1) is 12.9 Å². The zero-order valence-electron chi connectivity index (χ0n) is 8.35. The Morgan fingerprint density at radius 1 is 1.36 bits per heavy atom. The van der Waals surface area contributed by atoms with E-state index in [4.69, 9.17) is 10.3 Å². The van der Waals surface area contributed by atoms with Crippen LogP contribution in [0.2, 0.25) is 0 Å². The van der Waals surface area contributed by atoms with E-state index in [0.29, 0.717) is 12.8 Å². The van der Waals surface area contributed by atoms with Gasteiger partial charge in [0.2, 0.25) is 7.37 Å². The van der Waals surface area contributed by atoms with E-state index < -0.39 is 7.37 Å². The fraction of sp³-hybridized carbons (Fsp3) is 0.400. The van der Waals surface area contributed by atoms with Gasteiger partial charge in [-0.3, -0.25) is 4.57 Å². The summed E-state index contributed by atoms with van der Waals surface area (Å²) in [5.41, 5.74) is 6.42. The lowest BCUT2D eigenvalue weighted by molar-refractivity contribution is 0.303. The molecule has 1 rings (SSSR count). The van der Waals surface area contributed by atoms with Gasteiger partial charge in [0, 0.05) is 6.16 Å². The summed E-state index contributed by atoms with van der Waals surface area (Å²) in [6.45, 7) is 2.21. The predicted octanol–water partition coefficient (Wildman–Crippen LogP) is 2.42. The van der Waals surface area contributed by atoms with Gasteiger partial charge < -0.3 is 10.3 Å². The van der Waals surface area contributed by atoms with Crippen LogP contribution in [0.25, 0.3) is 0 Å². The monoisotopic (exact) mass is 213 g/mol. The summed E-state index contributed by atoms with van der Waals surface area (Å²) >= 11 is 0. The maximum atomic E-state index is 11.8. The minimum atomic E-state index is -2.57. The van der Waals surface area contributed by atoms with Crippen molar-refractivity contribution in [3.63, 3.8) is 0 Å². The Labute approximate surface area is 84.7 Å². The summed E-state index contributed by atoms with van der Waals surface area (Å²) in [7, 11) is -2.57. The van der Waals surface area contributed by atoms with Crippen molar-refractivity contribution in [2.45, 2.75) is 13.5 Å². The van der Waals surface area contributed by atoms with Crippen LogP contribution in [0, 0.1) is 0 Å². The van der Waals surface area contributed by atoms with Gasteiger partial charge in [0.15, 0.2) is 0 Å². The third-order valence-corrected chi connectivity index (χ3v) is 4.19. The molecule has 1 aromatic carbocycles. The number of nitrogens with two attached hydrogens (primary N) is 1. The van der Waals surface area contributed by atoms with Gasteiger partial charge in [-0.25, -0.2) is 0 Å². The van der Waals surface area contributed by atoms with E-state index in [1.54, 1.807) is 0 Å². The lowest BCUT2D eigenvalue weighted by Gasteiger charge is -2.14. The molecule has 0 saturated heterocycles. The number of rotatable bonds is 5. The van der Waals surface area contributed by atoms with Crippen LogP contribution in [-0.4, -0.2) is 12.4 Å². The van der Waals surface area contributed by atoms with E-state index in [1.807, 2.05) is 37.3 Å². The van der Waals surface area contributed by atoms with Crippen LogP contribution in [0.15, 0.2) is 30.3 Å². The lowest BCUT2D eigenvalue weighted by Crippen LogP contribution is -2.05. The van der Waals surface area contributed by atoms with Crippen molar-refractivity contribution in [3.8, 4) is 0 Å². The molecule has 0 bridgehead atoms. The zero-order chi connectivity index (χ0) is 10.4. The molecular weight excluding hydrogens is 197 g/mol. The van der Waals surface area contributed by atoms with Gasteiger partial charge in [-0.05, 0) is 5.56 Å². The van der Waals surface area contributed by atoms with Crippen molar-refractivity contribution < 1.29 is 9.09 Å². The van der Waals surface area contributed by atoms with E-state index in [-0.39, 0.29) is 6.29 Å². The molecule has 0 aromatic heterocycles. The molecule has 0 fully saturated rings. The van der Waals surface area contributed by atoms with E-state index in [2.05, 4.69) is 0 Å². The van der Waals surface area contributed by atoms with Crippen LogP contribution in [0.1, 0.15) is 12.5 Å². The summed E-state index contributed by atoms with van der Waals surface area (Å²) in [5.74, 6) is 0. The first-order valence-corrected chi connectivity index (χ1v) is 6.66. The van der Waals surface area contributed by atoms with E-state index in [1.165, 1.54) is 0 Å². The molecule has 0 heterocycles. The molecule has 1 aromatic rings. The Morgan fingerprint density at radius 3 is 2.50 bits per heavy atom. The van der Waals surface area contributed by atoms with Crippen LogP contribution in [0.5, 0.6) is 0 Å². The molecule has 0 aliphatic heterocycles. The molecule has 4 heteroatoms. The van der Waals surface area contributed by atoms with Gasteiger partial charge in [-0.1, -0.05) is 37.3 Å². The summed E-state index contributed by atoms with van der Waals surface area (Å²) in [6, 6.07) is 9.68. The lowest BCUT2D eigenvalue weighted by atomic mass is 10.2. The van der Waals surface area contributed by atoms with Crippen molar-refractivity contribution >= 4 is 7.37 Å². The molecule has 2 N–H and O–H groups in total. The molecule has 14 heavy (non-hydrogen) atoms. The number of hydrogen-bond acceptors (Lipinski definition) is 3. The third-order valence-electron chi connectivity index (χ3n) is 2.07. The normalized spacial score (nSPS) is 15.0. The minimum absolute atomic E-state index is 0.121. The summed E-state index contributed by atoms with van der Waals surface area (Å²) in [4.78, 5) is 0. The van der Waals surface area contributed by atoms with Gasteiger partial charge >= 0.3 is 0 Å². The average molecular weight is 213 g/mol. The van der Waals surface area contributed by atoms with Crippen LogP contribution < -0.4 is 5.73 Å². The molecular formula is C10H16NO2P. The molecule has 1 atom stereocenters. The third kappa shape index (κ3) is 3.26. The van der Waals surface area contributed by atoms with Gasteiger partial charge in [-0.2, -0.15) is 0 Å². The molecule has 0 aliphatic rings. The number of hydrogen-bond donors (Lipinski definition) is 1. The zero-order valence-corrected chi connectivity index (χ0v) is 9.24. The van der Waals surface area contributed by atoms with Crippen LogP contribution in [0.3, 0.4) is 0 Å². The van der Waals surface area contributed by atoms with Crippen molar-refractivity contribution in [1.29, 1.82) is 0 Å². The Morgan fingerprint density at radius 2 is 2.00 bits per heavy atom. The second-order valence-electron chi connectivity index (χ2n) is 3.07. The molecule has 0 aliphatic carbocycles. The molecule has 78 valence electrons. The SMILES string of the molecule is CCP(=O)(CN)OCc1ccccc1. The first kappa shape index (κ1) is 11.4. The Hall–Kier alpha value is -0.630. The first-order valence-electron chi connectivity index (χ1n) is 4.67. The maximum absolute atomic E-state index is 11.8. The summed E-state index contributed by atoms with van der Waals surface area (Å²) in [5, 5.41) is 0. The Balaban J connectivity index is 2.52. The number of benzene rings is 1. The maximum Gasteiger partial charge on any atom is 0.216 e. The predicted molar refractivity (Wildman–Crippen MR) is 58.4 cm³/mol. The van der Waals surface area contributed by atoms with Crippen molar-refractivity contribution in [1.82, 2.24) is 0 Å². The molecule has 0 amide bonds. The second-order valence-corrected chi connectivity index (χ2v) is 5.96. The Kier molecular flexibility index (Phi) is 4.33. The van der Waals surface area contributed by atoms with Crippen molar-refractivity contribution in [2.75, 3.05) is 12.4 Å². The highest BCUT2D eigenvalue weighted by Crippen LogP contribution is 2.44.